The van der Waals surface area contributed by atoms with E-state index >= 15 is 0 Å². The van der Waals surface area contributed by atoms with E-state index in [1.807, 2.05) is 16.8 Å². The number of aliphatic hydroxyl groups is 1. The van der Waals surface area contributed by atoms with Crippen LogP contribution < -0.4 is 0 Å². The van der Waals surface area contributed by atoms with Gasteiger partial charge in [-0.05, 0) is 32.3 Å². The molecule has 0 radical (unpaired) electrons. The molecule has 1 aliphatic carbocycles. The Morgan fingerprint density at radius 1 is 1.44 bits per heavy atom. The lowest BCUT2D eigenvalue weighted by Crippen LogP contribution is -2.14. The molecule has 1 N–H and O–H groups in total. The monoisotopic (exact) mass is 246 g/mol. The molecule has 18 heavy (non-hydrogen) atoms. The largest absolute Gasteiger partial charge is 0.388 e. The van der Waals surface area contributed by atoms with Crippen molar-refractivity contribution in [2.24, 2.45) is 0 Å². The Morgan fingerprint density at radius 2 is 2.33 bits per heavy atom. The fourth-order valence-electron chi connectivity index (χ4n) is 2.70. The van der Waals surface area contributed by atoms with Gasteiger partial charge in [-0.1, -0.05) is 0 Å². The molecule has 2 aromatic rings. The predicted octanol–water partition coefficient (Wildman–Crippen LogP) is 1.52. The highest BCUT2D eigenvalue weighted by Crippen LogP contribution is 2.30. The molecule has 0 fully saturated rings. The summed E-state index contributed by atoms with van der Waals surface area (Å²) in [6.07, 6.45) is 6.49. The van der Waals surface area contributed by atoms with Gasteiger partial charge < -0.3 is 14.2 Å². The van der Waals surface area contributed by atoms with E-state index in [2.05, 4.69) is 21.7 Å². The fourth-order valence-corrected chi connectivity index (χ4v) is 2.70. The number of nitrogens with zero attached hydrogens (tertiary/aromatic N) is 4. The molecule has 2 heterocycles. The summed E-state index contributed by atoms with van der Waals surface area (Å²) in [4.78, 5) is 0. The van der Waals surface area contributed by atoms with Gasteiger partial charge in [0.05, 0.1) is 12.6 Å². The van der Waals surface area contributed by atoms with Crippen molar-refractivity contribution in [2.75, 3.05) is 0 Å². The molecule has 0 saturated heterocycles. The van der Waals surface area contributed by atoms with Crippen molar-refractivity contribution in [1.82, 2.24) is 19.3 Å². The van der Waals surface area contributed by atoms with Gasteiger partial charge >= 0.3 is 0 Å². The molecule has 5 heteroatoms. The van der Waals surface area contributed by atoms with E-state index in [4.69, 9.17) is 0 Å². The Balaban J connectivity index is 1.90. The lowest BCUT2D eigenvalue weighted by atomic mass is 9.95. The molecule has 1 aliphatic rings. The zero-order chi connectivity index (χ0) is 12.5. The molecule has 0 bridgehead atoms. The second-order valence-electron chi connectivity index (χ2n) is 4.79. The number of aliphatic hydroxyl groups excluding tert-OH is 1. The topological polar surface area (TPSA) is 55.9 Å². The lowest BCUT2D eigenvalue weighted by molar-refractivity contribution is 0.155. The molecule has 1 unspecified atom stereocenters. The maximum atomic E-state index is 9.96. The maximum Gasteiger partial charge on any atom is 0.152 e. The molecule has 2 aromatic heterocycles. The predicted molar refractivity (Wildman–Crippen MR) is 67.1 cm³/mol. The van der Waals surface area contributed by atoms with Crippen LogP contribution in [0.2, 0.25) is 0 Å². The van der Waals surface area contributed by atoms with Crippen molar-refractivity contribution < 1.29 is 5.11 Å². The van der Waals surface area contributed by atoms with Crippen LogP contribution in [0.25, 0.3) is 0 Å². The zero-order valence-corrected chi connectivity index (χ0v) is 10.6. The minimum atomic E-state index is -0.293. The van der Waals surface area contributed by atoms with Crippen LogP contribution in [-0.4, -0.2) is 24.4 Å². The Labute approximate surface area is 106 Å². The van der Waals surface area contributed by atoms with E-state index in [1.54, 1.807) is 6.33 Å². The van der Waals surface area contributed by atoms with Gasteiger partial charge in [0, 0.05) is 24.0 Å². The van der Waals surface area contributed by atoms with Crippen LogP contribution in [-0.2, 0) is 19.5 Å². The highest BCUT2D eigenvalue weighted by Gasteiger charge is 2.21. The molecule has 1 atom stereocenters. The van der Waals surface area contributed by atoms with Crippen molar-refractivity contribution in [1.29, 1.82) is 0 Å². The van der Waals surface area contributed by atoms with Gasteiger partial charge in [0.1, 0.15) is 6.33 Å². The summed E-state index contributed by atoms with van der Waals surface area (Å²) >= 11 is 0. The van der Waals surface area contributed by atoms with Crippen LogP contribution in [0.5, 0.6) is 0 Å². The van der Waals surface area contributed by atoms with Crippen LogP contribution in [0.15, 0.2) is 18.6 Å². The number of rotatable bonds is 3. The van der Waals surface area contributed by atoms with Gasteiger partial charge in [-0.2, -0.15) is 0 Å². The Kier molecular flexibility index (Phi) is 2.91. The normalized spacial score (nSPS) is 18.9. The van der Waals surface area contributed by atoms with Gasteiger partial charge in [-0.15, -0.1) is 10.2 Å². The Hall–Kier alpha value is -1.62. The molecule has 96 valence electrons. The maximum absolute atomic E-state index is 9.96. The van der Waals surface area contributed by atoms with Gasteiger partial charge in [0.25, 0.3) is 0 Å². The number of hydrogen-bond acceptors (Lipinski definition) is 3. The fraction of sp³-hybridized carbons (Fsp3) is 0.538. The first-order chi connectivity index (χ1) is 8.79. The smallest absolute Gasteiger partial charge is 0.152 e. The number of fused-ring (bicyclic) bond motifs is 1. The summed E-state index contributed by atoms with van der Waals surface area (Å²) in [5, 5.41) is 18.1. The average Bonchev–Trinajstić information content (AvgIpc) is 2.98. The number of aromatic nitrogens is 4. The van der Waals surface area contributed by atoms with Gasteiger partial charge in [-0.25, -0.2) is 0 Å². The van der Waals surface area contributed by atoms with Crippen LogP contribution in [0.3, 0.4) is 0 Å². The SMILES string of the molecule is CCn1cnnc1Cn1ccc2c1CCCC2O. The molecule has 0 amide bonds. The first-order valence-corrected chi connectivity index (χ1v) is 6.52. The molecular formula is C13H18N4O. The van der Waals surface area contributed by atoms with E-state index in [0.29, 0.717) is 0 Å². The van der Waals surface area contributed by atoms with Crippen molar-refractivity contribution in [3.8, 4) is 0 Å². The summed E-state index contributed by atoms with van der Waals surface area (Å²) in [6, 6.07) is 2.03. The Bertz CT molecular complexity index is 543. The lowest BCUT2D eigenvalue weighted by Gasteiger charge is -2.20. The Morgan fingerprint density at radius 3 is 3.17 bits per heavy atom. The third-order valence-electron chi connectivity index (χ3n) is 3.71. The second kappa shape index (κ2) is 4.57. The summed E-state index contributed by atoms with van der Waals surface area (Å²) in [5.74, 6) is 0.968. The van der Waals surface area contributed by atoms with E-state index in [-0.39, 0.29) is 6.10 Å². The van der Waals surface area contributed by atoms with Gasteiger partial charge in [0.2, 0.25) is 0 Å². The zero-order valence-electron chi connectivity index (χ0n) is 10.6. The minimum Gasteiger partial charge on any atom is -0.388 e. The standard InChI is InChI=1S/C13H18N4O/c1-2-16-9-14-15-13(16)8-17-7-6-10-11(17)4-3-5-12(10)18/h6-7,9,12,18H,2-5,8H2,1H3. The summed E-state index contributed by atoms with van der Waals surface area (Å²) in [7, 11) is 0. The molecule has 0 spiro atoms. The minimum absolute atomic E-state index is 0.293. The quantitative estimate of drug-likeness (QED) is 0.893. The third kappa shape index (κ3) is 1.84. The molecule has 0 aromatic carbocycles. The first-order valence-electron chi connectivity index (χ1n) is 6.52. The van der Waals surface area contributed by atoms with Crippen LogP contribution in [0.4, 0.5) is 0 Å². The van der Waals surface area contributed by atoms with E-state index < -0.39 is 0 Å². The van der Waals surface area contributed by atoms with E-state index in [1.165, 1.54) is 5.69 Å². The van der Waals surface area contributed by atoms with E-state index in [9.17, 15) is 5.11 Å². The van der Waals surface area contributed by atoms with Crippen molar-refractivity contribution in [2.45, 2.75) is 45.4 Å². The number of hydrogen-bond donors (Lipinski definition) is 1. The summed E-state index contributed by atoms with van der Waals surface area (Å²) in [6.45, 7) is 3.70. The highest BCUT2D eigenvalue weighted by molar-refractivity contribution is 5.27. The van der Waals surface area contributed by atoms with Crippen LogP contribution in [0, 0.1) is 0 Å². The van der Waals surface area contributed by atoms with Crippen LogP contribution >= 0.6 is 0 Å². The molecule has 5 nitrogen and oxygen atoms in total. The van der Waals surface area contributed by atoms with Gasteiger partial charge in [0.15, 0.2) is 5.82 Å². The van der Waals surface area contributed by atoms with Crippen molar-refractivity contribution in [3.05, 3.63) is 35.7 Å². The van der Waals surface area contributed by atoms with Crippen molar-refractivity contribution in [3.63, 3.8) is 0 Å². The molecule has 0 saturated carbocycles. The van der Waals surface area contributed by atoms with Gasteiger partial charge in [-0.3, -0.25) is 0 Å². The third-order valence-corrected chi connectivity index (χ3v) is 3.71. The van der Waals surface area contributed by atoms with Crippen LogP contribution in [0.1, 0.15) is 43.0 Å². The number of aryl methyl sites for hydroxylation is 1. The summed E-state index contributed by atoms with van der Waals surface area (Å²) < 4.78 is 4.24. The highest BCUT2D eigenvalue weighted by atomic mass is 16.3. The molecular weight excluding hydrogens is 228 g/mol. The average molecular weight is 246 g/mol. The molecule has 0 aliphatic heterocycles. The first kappa shape index (κ1) is 11.5. The van der Waals surface area contributed by atoms with E-state index in [0.717, 1.165) is 43.7 Å². The van der Waals surface area contributed by atoms with Crippen molar-refractivity contribution >= 4 is 0 Å². The second-order valence-corrected chi connectivity index (χ2v) is 4.79. The molecule has 3 rings (SSSR count). The summed E-state index contributed by atoms with van der Waals surface area (Å²) in [5.41, 5.74) is 2.34.